The van der Waals surface area contributed by atoms with Crippen molar-refractivity contribution in [3.05, 3.63) is 68.9 Å². The summed E-state index contributed by atoms with van der Waals surface area (Å²) < 4.78 is 14.3. The van der Waals surface area contributed by atoms with Crippen LogP contribution in [0.1, 0.15) is 28.6 Å². The number of esters is 1. The highest BCUT2D eigenvalue weighted by Crippen LogP contribution is 2.28. The molecule has 0 bridgehead atoms. The lowest BCUT2D eigenvalue weighted by atomic mass is 10.1. The molecule has 1 aromatic carbocycles. The molecule has 1 aliphatic rings. The SMILES string of the molecule is C=CCN(C)C(=O)OCC(Cl)(Cl)Cl.CN(CCCN=[N+]=[N-])C(=O)OCC(Cl)(Cl)Cl.C[Si](C)(C)N=[N+]=[N-].O=C1OC(O)c2ccccc21. The number of alkyl halides is 6. The molecular weight excluding hydrogens is 765 g/mol. The third kappa shape index (κ3) is 26.2. The zero-order valence-electron chi connectivity index (χ0n) is 26.2. The molecule has 1 aliphatic heterocycles. The van der Waals surface area contributed by atoms with Gasteiger partial charge < -0.3 is 29.1 Å². The molecule has 2 rings (SSSR count). The predicted molar refractivity (Wildman–Crippen MR) is 187 cm³/mol. The summed E-state index contributed by atoms with van der Waals surface area (Å²) in [4.78, 5) is 41.1. The van der Waals surface area contributed by atoms with E-state index in [-0.39, 0.29) is 13.2 Å². The third-order valence-electron chi connectivity index (χ3n) is 4.57. The molecule has 0 saturated carbocycles. The van der Waals surface area contributed by atoms with Crippen molar-refractivity contribution in [1.82, 2.24) is 9.80 Å². The third-order valence-corrected chi connectivity index (χ3v) is 5.91. The Morgan fingerprint density at radius 2 is 1.53 bits per heavy atom. The Balaban J connectivity index is 0. The van der Waals surface area contributed by atoms with Crippen LogP contribution >= 0.6 is 69.6 Å². The number of cyclic esters (lactones) is 1. The van der Waals surface area contributed by atoms with Gasteiger partial charge in [0.1, 0.15) is 21.4 Å². The Labute approximate surface area is 303 Å². The van der Waals surface area contributed by atoms with E-state index in [0.29, 0.717) is 37.2 Å². The van der Waals surface area contributed by atoms with E-state index < -0.39 is 40.3 Å². The van der Waals surface area contributed by atoms with Gasteiger partial charge in [-0.15, -0.1) is 11.4 Å². The lowest BCUT2D eigenvalue weighted by Gasteiger charge is -2.18. The fourth-order valence-corrected chi connectivity index (χ4v) is 3.15. The first kappa shape index (κ1) is 46.6. The molecule has 1 unspecified atom stereocenters. The number of hydrogen-bond donors (Lipinski definition) is 1. The maximum Gasteiger partial charge on any atom is 0.409 e. The lowest BCUT2D eigenvalue weighted by molar-refractivity contribution is -0.0547. The first-order valence-electron chi connectivity index (χ1n) is 13.1. The van der Waals surface area contributed by atoms with Crippen LogP contribution in [0.5, 0.6) is 0 Å². The maximum atomic E-state index is 11.3. The maximum absolute atomic E-state index is 11.3. The van der Waals surface area contributed by atoms with Gasteiger partial charge in [0.15, 0.2) is 0 Å². The molecule has 0 fully saturated rings. The molecule has 0 radical (unpaired) electrons. The lowest BCUT2D eigenvalue weighted by Crippen LogP contribution is -2.31. The molecule has 1 heterocycles. The quantitative estimate of drug-likeness (QED) is 0.0296. The average Bonchev–Trinajstić information content (AvgIpc) is 3.25. The van der Waals surface area contributed by atoms with Gasteiger partial charge in [-0.25, -0.2) is 14.4 Å². The minimum absolute atomic E-state index is 0.266. The van der Waals surface area contributed by atoms with Crippen molar-refractivity contribution in [2.75, 3.05) is 46.9 Å². The van der Waals surface area contributed by atoms with Crippen LogP contribution in [-0.4, -0.2) is 95.8 Å². The normalized spacial score (nSPS) is 13.0. The zero-order chi connectivity index (χ0) is 36.8. The van der Waals surface area contributed by atoms with E-state index in [1.807, 2.05) is 19.6 Å². The van der Waals surface area contributed by atoms with Crippen LogP contribution in [0.2, 0.25) is 19.6 Å². The van der Waals surface area contributed by atoms with Gasteiger partial charge in [-0.3, -0.25) is 0 Å². The largest absolute Gasteiger partial charge is 0.445 e. The summed E-state index contributed by atoms with van der Waals surface area (Å²) in [5.41, 5.74) is 16.9. The minimum Gasteiger partial charge on any atom is -0.445 e. The number of carbonyl (C=O) groups is 3. The second-order valence-electron chi connectivity index (χ2n) is 9.94. The summed E-state index contributed by atoms with van der Waals surface area (Å²) in [6.07, 6.45) is -0.0998. The van der Waals surface area contributed by atoms with Crippen LogP contribution in [0.4, 0.5) is 9.59 Å². The summed E-state index contributed by atoms with van der Waals surface area (Å²) in [5.74, 6) is -0.451. The Bertz CT molecular complexity index is 1250. The van der Waals surface area contributed by atoms with Gasteiger partial charge in [-0.2, -0.15) is 0 Å². The number of aliphatic hydroxyl groups is 1. The smallest absolute Gasteiger partial charge is 0.409 e. The molecule has 2 amide bonds. The van der Waals surface area contributed by atoms with Gasteiger partial charge >= 0.3 is 18.2 Å². The van der Waals surface area contributed by atoms with Crippen molar-refractivity contribution in [2.24, 2.45) is 9.89 Å². The number of benzene rings is 1. The van der Waals surface area contributed by atoms with Gasteiger partial charge in [0.25, 0.3) is 0 Å². The number of amides is 2. The fourth-order valence-electron chi connectivity index (χ4n) is 2.55. The van der Waals surface area contributed by atoms with Gasteiger partial charge in [-0.05, 0) is 28.5 Å². The summed E-state index contributed by atoms with van der Waals surface area (Å²) in [5, 5.41) is 12.4. The molecule has 0 spiro atoms. The number of halogens is 6. The molecule has 47 heavy (non-hydrogen) atoms. The Kier molecular flexibility index (Phi) is 23.6. The molecule has 15 nitrogen and oxygen atoms in total. The monoisotopic (exact) mass is 798 g/mol. The van der Waals surface area contributed by atoms with E-state index >= 15 is 0 Å². The Morgan fingerprint density at radius 1 is 1.02 bits per heavy atom. The second kappa shape index (κ2) is 23.8. The highest BCUT2D eigenvalue weighted by molar-refractivity contribution is 6.74. The number of fused-ring (bicyclic) bond motifs is 1. The molecular formula is C25H36Cl6N8O7Si. The van der Waals surface area contributed by atoms with Crippen LogP contribution in [0, 0.1) is 0 Å². The van der Waals surface area contributed by atoms with E-state index in [1.165, 1.54) is 16.8 Å². The average molecular weight is 801 g/mol. The number of aliphatic hydroxyl groups excluding tert-OH is 1. The molecule has 0 saturated heterocycles. The first-order chi connectivity index (χ1) is 21.6. The van der Waals surface area contributed by atoms with E-state index in [0.717, 1.165) is 0 Å². The van der Waals surface area contributed by atoms with Crippen molar-refractivity contribution in [3.63, 3.8) is 0 Å². The van der Waals surface area contributed by atoms with Gasteiger partial charge in [0.2, 0.25) is 13.9 Å². The standard InChI is InChI=1S/C8H6O3.C7H11Cl3N4O2.C7H10Cl3NO2.C3H9N3Si/c9-7-5-3-1-2-4-6(5)8(10)11-7;1-14(4-2-3-12-13-11)6(15)16-5-7(8,9)10;1-3-4-11(2)6(12)13-5-7(8,9)10;1-7(2,3)6-5-4/h1-4,7,9H;2-5H2,1H3;3H,1,4-5H2,2H3;1-3H3. The fraction of sp³-hybridized carbons (Fsp3) is 0.560. The van der Waals surface area contributed by atoms with Crippen LogP contribution in [0.15, 0.2) is 46.8 Å². The number of likely N-dealkylation sites (N-methyl/N-ethyl adjacent to an activating group) is 1. The number of carbonyl (C=O) groups excluding carboxylic acids is 3. The topological polar surface area (TPSA) is 203 Å². The summed E-state index contributed by atoms with van der Waals surface area (Å²) >= 11 is 32.3. The van der Waals surface area contributed by atoms with Gasteiger partial charge in [0.05, 0.1) is 5.56 Å². The van der Waals surface area contributed by atoms with Crippen LogP contribution < -0.4 is 0 Å². The molecule has 1 N–H and O–H groups in total. The van der Waals surface area contributed by atoms with E-state index in [9.17, 15) is 14.4 Å². The van der Waals surface area contributed by atoms with Crippen molar-refractivity contribution in [2.45, 2.75) is 39.9 Å². The summed E-state index contributed by atoms with van der Waals surface area (Å²) in [7, 11) is 1.65. The van der Waals surface area contributed by atoms with Crippen molar-refractivity contribution in [1.29, 1.82) is 0 Å². The molecule has 1 atom stereocenters. The van der Waals surface area contributed by atoms with Gasteiger partial charge in [-0.1, -0.05) is 119 Å². The highest BCUT2D eigenvalue weighted by atomic mass is 35.6. The van der Waals surface area contributed by atoms with Crippen molar-refractivity contribution >= 4 is 96.0 Å². The Hall–Kier alpha value is -2.49. The molecule has 0 aromatic heterocycles. The van der Waals surface area contributed by atoms with Crippen LogP contribution in [0.25, 0.3) is 20.9 Å². The number of azide groups is 2. The van der Waals surface area contributed by atoms with Crippen LogP contribution in [0.3, 0.4) is 0 Å². The number of hydrogen-bond acceptors (Lipinski definition) is 9. The zero-order valence-corrected chi connectivity index (χ0v) is 31.7. The number of rotatable bonds is 9. The minimum atomic E-state index is -1.61. The molecule has 22 heteroatoms. The second-order valence-corrected chi connectivity index (χ2v) is 19.5. The first-order valence-corrected chi connectivity index (χ1v) is 18.8. The predicted octanol–water partition coefficient (Wildman–Crippen LogP) is 8.72. The highest BCUT2D eigenvalue weighted by Gasteiger charge is 2.28. The van der Waals surface area contributed by atoms with Crippen molar-refractivity contribution in [3.8, 4) is 0 Å². The van der Waals surface area contributed by atoms with E-state index in [1.54, 1.807) is 37.4 Å². The number of ether oxygens (including phenoxy) is 3. The molecule has 1 aromatic rings. The van der Waals surface area contributed by atoms with Gasteiger partial charge in [0, 0.05) is 44.2 Å². The number of nitrogens with zero attached hydrogens (tertiary/aromatic N) is 8. The summed E-state index contributed by atoms with van der Waals surface area (Å²) in [6, 6.07) is 6.79. The molecule has 264 valence electrons. The summed E-state index contributed by atoms with van der Waals surface area (Å²) in [6.45, 7) is 9.97. The molecule has 0 aliphatic carbocycles. The van der Waals surface area contributed by atoms with E-state index in [2.05, 4.69) is 35.8 Å². The van der Waals surface area contributed by atoms with Crippen LogP contribution in [-0.2, 0) is 14.2 Å². The Morgan fingerprint density at radius 3 is 1.94 bits per heavy atom. The van der Waals surface area contributed by atoms with Crippen molar-refractivity contribution < 1.29 is 33.7 Å². The van der Waals surface area contributed by atoms with E-state index in [4.69, 9.17) is 90.5 Å².